The summed E-state index contributed by atoms with van der Waals surface area (Å²) in [6, 6.07) is 7.19. The Hall–Kier alpha value is -1.81. The van der Waals surface area contributed by atoms with Gasteiger partial charge in [0.15, 0.2) is 0 Å². The van der Waals surface area contributed by atoms with Crippen molar-refractivity contribution in [3.8, 4) is 5.75 Å². The van der Waals surface area contributed by atoms with E-state index in [9.17, 15) is 9.90 Å². The number of hydrogen-bond donors (Lipinski definition) is 2. The lowest BCUT2D eigenvalue weighted by molar-refractivity contribution is 0.0948. The van der Waals surface area contributed by atoms with E-state index in [-0.39, 0.29) is 11.7 Å². The standard InChI is InChI=1S/C14H15NO2S/c1-9-6-7-18-12(9)8-15-14(17)11-5-3-4-10(2)13(11)16/h3-7,16H,8H2,1-2H3,(H,15,17). The van der Waals surface area contributed by atoms with Gasteiger partial charge < -0.3 is 10.4 Å². The third kappa shape index (κ3) is 2.54. The normalized spacial score (nSPS) is 10.3. The van der Waals surface area contributed by atoms with E-state index >= 15 is 0 Å². The smallest absolute Gasteiger partial charge is 0.255 e. The fourth-order valence-electron chi connectivity index (χ4n) is 1.68. The first-order valence-corrected chi connectivity index (χ1v) is 6.57. The van der Waals surface area contributed by atoms with Crippen molar-refractivity contribution < 1.29 is 9.90 Å². The lowest BCUT2D eigenvalue weighted by Crippen LogP contribution is -2.22. The lowest BCUT2D eigenvalue weighted by Gasteiger charge is -2.08. The van der Waals surface area contributed by atoms with Crippen LogP contribution in [0.4, 0.5) is 0 Å². The Kier molecular flexibility index (Phi) is 3.67. The fraction of sp³-hybridized carbons (Fsp3) is 0.214. The highest BCUT2D eigenvalue weighted by Gasteiger charge is 2.12. The van der Waals surface area contributed by atoms with Gasteiger partial charge in [-0.3, -0.25) is 4.79 Å². The minimum atomic E-state index is -0.246. The topological polar surface area (TPSA) is 49.3 Å². The minimum absolute atomic E-state index is 0.0536. The number of hydrogen-bond acceptors (Lipinski definition) is 3. The zero-order valence-electron chi connectivity index (χ0n) is 10.4. The van der Waals surface area contributed by atoms with Crippen molar-refractivity contribution in [2.45, 2.75) is 20.4 Å². The maximum Gasteiger partial charge on any atom is 0.255 e. The molecule has 1 aromatic heterocycles. The SMILES string of the molecule is Cc1ccsc1CNC(=O)c1cccc(C)c1O. The molecule has 0 fully saturated rings. The number of amides is 1. The van der Waals surface area contributed by atoms with Crippen molar-refractivity contribution in [3.05, 3.63) is 51.2 Å². The molecule has 0 spiro atoms. The van der Waals surface area contributed by atoms with E-state index in [4.69, 9.17) is 0 Å². The molecule has 0 radical (unpaired) electrons. The molecule has 0 unspecified atom stereocenters. The predicted octanol–water partition coefficient (Wildman–Crippen LogP) is 3.00. The van der Waals surface area contributed by atoms with Crippen LogP contribution in [-0.4, -0.2) is 11.0 Å². The van der Waals surface area contributed by atoms with Gasteiger partial charge in [-0.2, -0.15) is 0 Å². The van der Waals surface area contributed by atoms with Crippen LogP contribution in [0.15, 0.2) is 29.6 Å². The average molecular weight is 261 g/mol. The second-order valence-electron chi connectivity index (χ2n) is 4.18. The molecular formula is C14H15NO2S. The maximum absolute atomic E-state index is 12.0. The first kappa shape index (κ1) is 12.6. The monoisotopic (exact) mass is 261 g/mol. The summed E-state index contributed by atoms with van der Waals surface area (Å²) in [6.45, 7) is 4.29. The van der Waals surface area contributed by atoms with Crippen LogP contribution in [0.5, 0.6) is 5.75 Å². The molecule has 1 aromatic carbocycles. The van der Waals surface area contributed by atoms with E-state index in [0.717, 1.165) is 4.88 Å². The van der Waals surface area contributed by atoms with Crippen LogP contribution in [0.1, 0.15) is 26.4 Å². The van der Waals surface area contributed by atoms with E-state index in [1.165, 1.54) is 5.56 Å². The predicted molar refractivity (Wildman–Crippen MR) is 73.1 cm³/mol. The zero-order valence-corrected chi connectivity index (χ0v) is 11.2. The Morgan fingerprint density at radius 1 is 1.28 bits per heavy atom. The van der Waals surface area contributed by atoms with Crippen LogP contribution in [-0.2, 0) is 6.54 Å². The maximum atomic E-state index is 12.0. The number of nitrogens with one attached hydrogen (secondary N) is 1. The summed E-state index contributed by atoms with van der Waals surface area (Å²) >= 11 is 1.62. The molecule has 2 rings (SSSR count). The largest absolute Gasteiger partial charge is 0.507 e. The van der Waals surface area contributed by atoms with Crippen LogP contribution >= 0.6 is 11.3 Å². The van der Waals surface area contributed by atoms with Gasteiger partial charge in [0.25, 0.3) is 5.91 Å². The van der Waals surface area contributed by atoms with Gasteiger partial charge >= 0.3 is 0 Å². The number of carbonyl (C=O) groups excluding carboxylic acids is 1. The van der Waals surface area contributed by atoms with Crippen molar-refractivity contribution in [2.75, 3.05) is 0 Å². The molecule has 0 saturated heterocycles. The molecule has 1 heterocycles. The Bertz CT molecular complexity index is 575. The van der Waals surface area contributed by atoms with Crippen LogP contribution in [0.2, 0.25) is 0 Å². The summed E-state index contributed by atoms with van der Waals surface area (Å²) in [7, 11) is 0. The first-order valence-electron chi connectivity index (χ1n) is 5.69. The molecule has 94 valence electrons. The van der Waals surface area contributed by atoms with E-state index in [1.54, 1.807) is 36.5 Å². The zero-order chi connectivity index (χ0) is 13.1. The fourth-order valence-corrected chi connectivity index (χ4v) is 2.53. The first-order chi connectivity index (χ1) is 8.59. The Labute approximate surface area is 110 Å². The van der Waals surface area contributed by atoms with Gasteiger partial charge in [-0.05, 0) is 42.5 Å². The van der Waals surface area contributed by atoms with Crippen molar-refractivity contribution in [2.24, 2.45) is 0 Å². The van der Waals surface area contributed by atoms with E-state index in [2.05, 4.69) is 5.32 Å². The second kappa shape index (κ2) is 5.23. The molecule has 0 saturated carbocycles. The Morgan fingerprint density at radius 3 is 2.72 bits per heavy atom. The molecule has 4 heteroatoms. The highest BCUT2D eigenvalue weighted by Crippen LogP contribution is 2.21. The molecule has 0 aliphatic heterocycles. The number of aryl methyl sites for hydroxylation is 2. The number of para-hydroxylation sites is 1. The number of carbonyl (C=O) groups is 1. The van der Waals surface area contributed by atoms with E-state index in [0.29, 0.717) is 17.7 Å². The van der Waals surface area contributed by atoms with Gasteiger partial charge in [-0.1, -0.05) is 12.1 Å². The van der Waals surface area contributed by atoms with Gasteiger partial charge in [0.1, 0.15) is 5.75 Å². The summed E-state index contributed by atoms with van der Waals surface area (Å²) < 4.78 is 0. The van der Waals surface area contributed by atoms with Crippen molar-refractivity contribution in [3.63, 3.8) is 0 Å². The summed E-state index contributed by atoms with van der Waals surface area (Å²) in [5.41, 5.74) is 2.20. The number of phenolic OH excluding ortho intramolecular Hbond substituents is 1. The summed E-state index contributed by atoms with van der Waals surface area (Å²) in [5.74, 6) is -0.193. The third-order valence-corrected chi connectivity index (χ3v) is 3.88. The molecule has 0 aliphatic carbocycles. The minimum Gasteiger partial charge on any atom is -0.507 e. The molecule has 2 aromatic rings. The lowest BCUT2D eigenvalue weighted by atomic mass is 10.1. The van der Waals surface area contributed by atoms with Gasteiger partial charge in [0, 0.05) is 4.88 Å². The van der Waals surface area contributed by atoms with Crippen molar-refractivity contribution in [1.29, 1.82) is 0 Å². The van der Waals surface area contributed by atoms with Gasteiger partial charge in [-0.15, -0.1) is 11.3 Å². The highest BCUT2D eigenvalue weighted by atomic mass is 32.1. The average Bonchev–Trinajstić information content (AvgIpc) is 2.75. The summed E-state index contributed by atoms with van der Waals surface area (Å²) in [4.78, 5) is 13.1. The summed E-state index contributed by atoms with van der Waals surface area (Å²) in [5, 5.41) is 14.6. The van der Waals surface area contributed by atoms with Crippen molar-refractivity contribution >= 4 is 17.2 Å². The van der Waals surface area contributed by atoms with Crippen LogP contribution in [0.25, 0.3) is 0 Å². The third-order valence-electron chi connectivity index (χ3n) is 2.86. The molecule has 1 amide bonds. The Balaban J connectivity index is 2.09. The molecule has 0 atom stereocenters. The van der Waals surface area contributed by atoms with Crippen LogP contribution < -0.4 is 5.32 Å². The van der Waals surface area contributed by atoms with Gasteiger partial charge in [0.05, 0.1) is 12.1 Å². The Morgan fingerprint density at radius 2 is 2.06 bits per heavy atom. The molecule has 0 bridgehead atoms. The van der Waals surface area contributed by atoms with E-state index < -0.39 is 0 Å². The van der Waals surface area contributed by atoms with Crippen LogP contribution in [0.3, 0.4) is 0 Å². The van der Waals surface area contributed by atoms with Crippen molar-refractivity contribution in [1.82, 2.24) is 5.32 Å². The number of phenols is 1. The quantitative estimate of drug-likeness (QED) is 0.892. The second-order valence-corrected chi connectivity index (χ2v) is 5.18. The summed E-state index contributed by atoms with van der Waals surface area (Å²) in [6.07, 6.45) is 0. The molecule has 18 heavy (non-hydrogen) atoms. The number of benzene rings is 1. The van der Waals surface area contributed by atoms with Crippen LogP contribution in [0, 0.1) is 13.8 Å². The molecule has 0 aliphatic rings. The van der Waals surface area contributed by atoms with E-state index in [1.807, 2.05) is 18.4 Å². The van der Waals surface area contributed by atoms with Gasteiger partial charge in [-0.25, -0.2) is 0 Å². The number of thiophene rings is 1. The van der Waals surface area contributed by atoms with Gasteiger partial charge in [0.2, 0.25) is 0 Å². The number of rotatable bonds is 3. The highest BCUT2D eigenvalue weighted by molar-refractivity contribution is 7.10. The molecular weight excluding hydrogens is 246 g/mol. The molecule has 3 nitrogen and oxygen atoms in total. The number of aromatic hydroxyl groups is 1. The molecule has 2 N–H and O–H groups in total.